The molecular weight excluding hydrogens is 404 g/mol. The van der Waals surface area contributed by atoms with Gasteiger partial charge in [-0.2, -0.15) is 0 Å². The van der Waals surface area contributed by atoms with Crippen molar-refractivity contribution in [2.24, 2.45) is 11.8 Å². The van der Waals surface area contributed by atoms with Crippen molar-refractivity contribution in [1.29, 1.82) is 0 Å². The van der Waals surface area contributed by atoms with Gasteiger partial charge in [-0.05, 0) is 36.2 Å². The van der Waals surface area contributed by atoms with Crippen LogP contribution in [0, 0.1) is 22.0 Å². The number of nitro groups is 1. The van der Waals surface area contributed by atoms with Gasteiger partial charge in [0.15, 0.2) is 0 Å². The number of hydrogen-bond donors (Lipinski definition) is 1. The van der Waals surface area contributed by atoms with Crippen LogP contribution in [0.4, 0.5) is 0 Å². The Morgan fingerprint density at radius 1 is 1.20 bits per heavy atom. The number of aliphatic hydroxyl groups is 1. The predicted molar refractivity (Wildman–Crippen MR) is 115 cm³/mol. The maximum atomic E-state index is 12.3. The molecule has 1 saturated carbocycles. The molecule has 7 heteroatoms. The zero-order valence-electron chi connectivity index (χ0n) is 17.0. The van der Waals surface area contributed by atoms with Gasteiger partial charge in [0.05, 0.1) is 23.4 Å². The van der Waals surface area contributed by atoms with E-state index in [-0.39, 0.29) is 4.92 Å². The molecule has 1 aromatic heterocycles. The third kappa shape index (κ3) is 4.12. The predicted octanol–water partition coefficient (Wildman–Crippen LogP) is 4.77. The Morgan fingerprint density at radius 2 is 1.93 bits per heavy atom. The van der Waals surface area contributed by atoms with Crippen LogP contribution >= 0.6 is 11.6 Å². The van der Waals surface area contributed by atoms with Crippen LogP contribution in [-0.4, -0.2) is 27.3 Å². The highest BCUT2D eigenvalue weighted by Gasteiger charge is 2.66. The minimum absolute atomic E-state index is 0.311. The molecule has 160 valence electrons. The van der Waals surface area contributed by atoms with Gasteiger partial charge >= 0.3 is 0 Å². The van der Waals surface area contributed by atoms with Gasteiger partial charge in [0.2, 0.25) is 6.04 Å². The SMILES string of the molecule is CCCCCC[C@H]1[C@@H]([N+](=O)[O-])[C@H](c2ccc(Cl)cc2)[C@@H](C=O)[C@]1(O)c1ccccn1. The molecule has 5 atom stereocenters. The summed E-state index contributed by atoms with van der Waals surface area (Å²) >= 11 is 6.00. The van der Waals surface area contributed by atoms with Crippen molar-refractivity contribution in [3.8, 4) is 0 Å². The fraction of sp³-hybridized carbons (Fsp3) is 0.478. The number of hydrogen-bond acceptors (Lipinski definition) is 5. The van der Waals surface area contributed by atoms with Crippen molar-refractivity contribution in [2.45, 2.75) is 56.6 Å². The maximum absolute atomic E-state index is 12.3. The van der Waals surface area contributed by atoms with E-state index in [0.29, 0.717) is 29.0 Å². The highest BCUT2D eigenvalue weighted by Crippen LogP contribution is 2.56. The number of unbranched alkanes of at least 4 members (excludes halogenated alkanes) is 3. The van der Waals surface area contributed by atoms with Gasteiger partial charge in [0.1, 0.15) is 11.9 Å². The van der Waals surface area contributed by atoms with E-state index in [9.17, 15) is 20.0 Å². The van der Waals surface area contributed by atoms with Crippen LogP contribution < -0.4 is 0 Å². The van der Waals surface area contributed by atoms with E-state index in [4.69, 9.17) is 11.6 Å². The molecule has 0 aliphatic heterocycles. The first kappa shape index (κ1) is 22.4. The van der Waals surface area contributed by atoms with Crippen molar-refractivity contribution in [3.63, 3.8) is 0 Å². The number of carbonyl (C=O) groups is 1. The van der Waals surface area contributed by atoms with Gasteiger partial charge < -0.3 is 9.90 Å². The largest absolute Gasteiger partial charge is 0.382 e. The molecule has 1 heterocycles. The molecular formula is C23H27ClN2O4. The minimum Gasteiger partial charge on any atom is -0.382 e. The van der Waals surface area contributed by atoms with Crippen LogP contribution in [0.25, 0.3) is 0 Å². The average molecular weight is 431 g/mol. The number of aldehydes is 1. The standard InChI is InChI=1S/C23H27ClN2O4/c1-2-3-4-5-8-18-22(26(29)30)21(16-10-12-17(24)13-11-16)19(15-27)23(18,28)20-9-6-7-14-25-20/h6-7,9-15,18-19,21-22,28H,2-5,8H2,1H3/t18-,19+,21+,22+,23-/m0/s1. The van der Waals surface area contributed by atoms with E-state index in [1.54, 1.807) is 48.7 Å². The summed E-state index contributed by atoms with van der Waals surface area (Å²) in [6.07, 6.45) is 6.39. The Labute approximate surface area is 181 Å². The lowest BCUT2D eigenvalue weighted by atomic mass is 9.77. The fourth-order valence-electron chi connectivity index (χ4n) is 4.94. The average Bonchev–Trinajstić information content (AvgIpc) is 3.01. The molecule has 1 aliphatic rings. The summed E-state index contributed by atoms with van der Waals surface area (Å²) in [5, 5.41) is 24.7. The normalized spacial score (nSPS) is 28.4. The van der Waals surface area contributed by atoms with Crippen LogP contribution in [-0.2, 0) is 10.4 Å². The summed E-state index contributed by atoms with van der Waals surface area (Å²) in [6.45, 7) is 2.10. The summed E-state index contributed by atoms with van der Waals surface area (Å²) in [7, 11) is 0. The van der Waals surface area contributed by atoms with Crippen molar-refractivity contribution >= 4 is 17.9 Å². The van der Waals surface area contributed by atoms with E-state index in [1.165, 1.54) is 0 Å². The Bertz CT molecular complexity index is 861. The summed E-state index contributed by atoms with van der Waals surface area (Å²) in [5.74, 6) is -2.48. The lowest BCUT2D eigenvalue weighted by Gasteiger charge is -2.32. The monoisotopic (exact) mass is 430 g/mol. The van der Waals surface area contributed by atoms with Crippen molar-refractivity contribution in [1.82, 2.24) is 4.98 Å². The van der Waals surface area contributed by atoms with E-state index in [0.717, 1.165) is 25.7 Å². The molecule has 0 unspecified atom stereocenters. The molecule has 1 fully saturated rings. The zero-order chi connectivity index (χ0) is 21.7. The number of nitrogens with zero attached hydrogens (tertiary/aromatic N) is 2. The van der Waals surface area contributed by atoms with E-state index in [2.05, 4.69) is 11.9 Å². The first-order chi connectivity index (χ1) is 14.4. The number of halogens is 1. The Hall–Kier alpha value is -2.31. The highest BCUT2D eigenvalue weighted by molar-refractivity contribution is 6.30. The van der Waals surface area contributed by atoms with Crippen LogP contribution in [0.5, 0.6) is 0 Å². The van der Waals surface area contributed by atoms with Crippen LogP contribution in [0.2, 0.25) is 5.02 Å². The van der Waals surface area contributed by atoms with E-state index in [1.807, 2.05) is 0 Å². The summed E-state index contributed by atoms with van der Waals surface area (Å²) < 4.78 is 0. The first-order valence-electron chi connectivity index (χ1n) is 10.4. The molecule has 30 heavy (non-hydrogen) atoms. The fourth-order valence-corrected chi connectivity index (χ4v) is 5.07. The molecule has 1 aliphatic carbocycles. The lowest BCUT2D eigenvalue weighted by Crippen LogP contribution is -2.41. The quantitative estimate of drug-likeness (QED) is 0.268. The zero-order valence-corrected chi connectivity index (χ0v) is 17.7. The van der Waals surface area contributed by atoms with Crippen molar-refractivity contribution in [3.05, 3.63) is 75.1 Å². The second-order valence-corrected chi connectivity index (χ2v) is 8.45. The lowest BCUT2D eigenvalue weighted by molar-refractivity contribution is -0.534. The van der Waals surface area contributed by atoms with Crippen molar-refractivity contribution < 1.29 is 14.8 Å². The van der Waals surface area contributed by atoms with Crippen molar-refractivity contribution in [2.75, 3.05) is 0 Å². The molecule has 0 amide bonds. The minimum atomic E-state index is -1.71. The van der Waals surface area contributed by atoms with Gasteiger partial charge in [-0.1, -0.05) is 62.4 Å². The molecule has 2 aromatic rings. The summed E-state index contributed by atoms with van der Waals surface area (Å²) in [4.78, 5) is 28.5. The van der Waals surface area contributed by atoms with Crippen LogP contribution in [0.15, 0.2) is 48.7 Å². The molecule has 0 spiro atoms. The third-order valence-corrected chi connectivity index (χ3v) is 6.58. The van der Waals surface area contributed by atoms with Gasteiger partial charge in [-0.25, -0.2) is 0 Å². The Kier molecular flexibility index (Phi) is 7.21. The molecule has 3 rings (SSSR count). The molecule has 0 saturated heterocycles. The Morgan fingerprint density at radius 3 is 2.50 bits per heavy atom. The number of benzene rings is 1. The second kappa shape index (κ2) is 9.67. The molecule has 1 aromatic carbocycles. The molecule has 1 N–H and O–H groups in total. The highest BCUT2D eigenvalue weighted by atomic mass is 35.5. The smallest absolute Gasteiger partial charge is 0.226 e. The molecule has 0 radical (unpaired) electrons. The third-order valence-electron chi connectivity index (χ3n) is 6.33. The van der Waals surface area contributed by atoms with E-state index < -0.39 is 29.4 Å². The van der Waals surface area contributed by atoms with Gasteiger partial charge in [-0.3, -0.25) is 15.1 Å². The Balaban J connectivity index is 2.12. The van der Waals surface area contributed by atoms with Gasteiger partial charge in [0.25, 0.3) is 0 Å². The van der Waals surface area contributed by atoms with Gasteiger partial charge in [-0.15, -0.1) is 0 Å². The van der Waals surface area contributed by atoms with Crippen LogP contribution in [0.1, 0.15) is 56.2 Å². The van der Waals surface area contributed by atoms with Gasteiger partial charge in [0, 0.05) is 16.1 Å². The second-order valence-electron chi connectivity index (χ2n) is 8.01. The number of carbonyl (C=O) groups excluding carboxylic acids is 1. The molecule has 0 bridgehead atoms. The number of aromatic nitrogens is 1. The van der Waals surface area contributed by atoms with Crippen LogP contribution in [0.3, 0.4) is 0 Å². The maximum Gasteiger partial charge on any atom is 0.226 e. The number of rotatable bonds is 9. The molecule has 6 nitrogen and oxygen atoms in total. The summed E-state index contributed by atoms with van der Waals surface area (Å²) in [6, 6.07) is 10.7. The summed E-state index contributed by atoms with van der Waals surface area (Å²) in [5.41, 5.74) is -0.772. The topological polar surface area (TPSA) is 93.3 Å². The first-order valence-corrected chi connectivity index (χ1v) is 10.8. The number of pyridine rings is 1. The van der Waals surface area contributed by atoms with E-state index >= 15 is 0 Å².